The molecule has 0 saturated heterocycles. The lowest BCUT2D eigenvalue weighted by molar-refractivity contribution is 0.128. The normalized spacial score (nSPS) is 19.0. The molecule has 12 heteroatoms. The van der Waals surface area contributed by atoms with Crippen LogP contribution >= 0.6 is 39.0 Å². The lowest BCUT2D eigenvalue weighted by atomic mass is 9.91. The molecule has 0 amide bonds. The molecule has 6 N–H and O–H groups in total. The van der Waals surface area contributed by atoms with Crippen molar-refractivity contribution in [2.75, 3.05) is 23.9 Å². The lowest BCUT2D eigenvalue weighted by Crippen LogP contribution is -2.29. The molecule has 0 aromatic rings. The maximum Gasteiger partial charge on any atom is 0.401 e. The summed E-state index contributed by atoms with van der Waals surface area (Å²) in [6.45, 7) is 9.98. The van der Waals surface area contributed by atoms with Crippen molar-refractivity contribution in [1.82, 2.24) is 0 Å². The summed E-state index contributed by atoms with van der Waals surface area (Å²) >= 11 is 3.22. The summed E-state index contributed by atoms with van der Waals surface area (Å²) in [6.07, 6.45) is 1.60. The molecule has 0 spiro atoms. The topological polar surface area (TPSA) is 145 Å². The van der Waals surface area contributed by atoms with E-state index in [1.807, 2.05) is 34.6 Å². The van der Waals surface area contributed by atoms with Crippen LogP contribution in [0.25, 0.3) is 0 Å². The van der Waals surface area contributed by atoms with Gasteiger partial charge >= 0.3 is 15.5 Å². The largest absolute Gasteiger partial charge is 0.401 e. The smallest absolute Gasteiger partial charge is 0.313 e. The molecule has 26 heavy (non-hydrogen) atoms. The standard InChI is InChI=1S/C14H34N2O6P2S2/c1-6-14(4,5)12(22-24(16,19)20)26-10-9-25-8-7-13(2,3)11-21-23(15,17)18/h12H,6-11H2,1-5H3,(H3,15,17,18)(H3,16,19,20). The molecule has 3 unspecified atom stereocenters. The van der Waals surface area contributed by atoms with Crippen molar-refractivity contribution >= 4 is 39.0 Å². The Bertz CT molecular complexity index is 510. The summed E-state index contributed by atoms with van der Waals surface area (Å²) in [6, 6.07) is 0. The van der Waals surface area contributed by atoms with Gasteiger partial charge in [-0.1, -0.05) is 34.6 Å². The van der Waals surface area contributed by atoms with E-state index in [0.29, 0.717) is 0 Å². The molecule has 0 aromatic heterocycles. The van der Waals surface area contributed by atoms with E-state index in [-0.39, 0.29) is 17.4 Å². The fraction of sp³-hybridized carbons (Fsp3) is 1.00. The van der Waals surface area contributed by atoms with Gasteiger partial charge in [-0.25, -0.2) is 20.1 Å². The number of hydrogen-bond donors (Lipinski definition) is 4. The Morgan fingerprint density at radius 1 is 1.04 bits per heavy atom. The van der Waals surface area contributed by atoms with Gasteiger partial charge in [0.05, 0.1) is 6.61 Å². The van der Waals surface area contributed by atoms with E-state index in [9.17, 15) is 14.0 Å². The van der Waals surface area contributed by atoms with Crippen LogP contribution in [0.1, 0.15) is 47.5 Å². The van der Waals surface area contributed by atoms with Crippen LogP contribution in [0.2, 0.25) is 0 Å². The Morgan fingerprint density at radius 2 is 1.62 bits per heavy atom. The van der Waals surface area contributed by atoms with E-state index >= 15 is 0 Å². The van der Waals surface area contributed by atoms with Crippen molar-refractivity contribution in [2.24, 2.45) is 21.8 Å². The van der Waals surface area contributed by atoms with Gasteiger partial charge in [-0.15, -0.1) is 11.8 Å². The molecule has 0 saturated carbocycles. The van der Waals surface area contributed by atoms with E-state index in [0.717, 1.165) is 30.1 Å². The van der Waals surface area contributed by atoms with Gasteiger partial charge in [0.2, 0.25) is 0 Å². The highest BCUT2D eigenvalue weighted by Gasteiger charge is 2.33. The third-order valence-electron chi connectivity index (χ3n) is 3.86. The van der Waals surface area contributed by atoms with Crippen LogP contribution in [0.15, 0.2) is 0 Å². The lowest BCUT2D eigenvalue weighted by Gasteiger charge is -2.33. The van der Waals surface area contributed by atoms with Gasteiger partial charge in [0, 0.05) is 16.9 Å². The minimum atomic E-state index is -4.03. The molecule has 0 aliphatic carbocycles. The first-order chi connectivity index (χ1) is 11.6. The first kappa shape index (κ1) is 26.9. The highest BCUT2D eigenvalue weighted by atomic mass is 32.2. The van der Waals surface area contributed by atoms with Crippen LogP contribution in [-0.2, 0) is 18.2 Å². The molecule has 8 nitrogen and oxygen atoms in total. The highest BCUT2D eigenvalue weighted by Crippen LogP contribution is 2.44. The third kappa shape index (κ3) is 14.0. The highest BCUT2D eigenvalue weighted by molar-refractivity contribution is 8.03. The molecule has 0 aliphatic heterocycles. The van der Waals surface area contributed by atoms with E-state index in [4.69, 9.17) is 24.9 Å². The fourth-order valence-electron chi connectivity index (χ4n) is 1.71. The molecule has 158 valence electrons. The first-order valence-corrected chi connectivity index (χ1v) is 13.8. The Labute approximate surface area is 165 Å². The summed E-state index contributed by atoms with van der Waals surface area (Å²) in [5, 5.41) is 0. The van der Waals surface area contributed by atoms with Gasteiger partial charge in [0.15, 0.2) is 0 Å². The molecular weight excluding hydrogens is 418 g/mol. The second-order valence-electron chi connectivity index (χ2n) is 7.58. The van der Waals surface area contributed by atoms with Gasteiger partial charge in [0.1, 0.15) is 5.44 Å². The molecule has 0 heterocycles. The monoisotopic (exact) mass is 452 g/mol. The summed E-state index contributed by atoms with van der Waals surface area (Å²) in [5.41, 5.74) is 9.16. The van der Waals surface area contributed by atoms with Gasteiger partial charge in [0.25, 0.3) is 0 Å². The van der Waals surface area contributed by atoms with E-state index in [2.05, 4.69) is 0 Å². The van der Waals surface area contributed by atoms with Crippen molar-refractivity contribution < 1.29 is 28.0 Å². The molecule has 3 atom stereocenters. The van der Waals surface area contributed by atoms with Crippen molar-refractivity contribution in [1.29, 1.82) is 0 Å². The molecule has 0 radical (unpaired) electrons. The predicted molar refractivity (Wildman–Crippen MR) is 111 cm³/mol. The minimum absolute atomic E-state index is 0.121. The SMILES string of the molecule is CCC(C)(C)C(OP(N)(=O)O)SCCSCCC(C)(C)COP(N)(=O)O. The molecule has 0 rings (SSSR count). The van der Waals surface area contributed by atoms with Crippen molar-refractivity contribution in [2.45, 2.75) is 52.9 Å². The van der Waals surface area contributed by atoms with Crippen LogP contribution in [0.3, 0.4) is 0 Å². The Morgan fingerprint density at radius 3 is 2.08 bits per heavy atom. The van der Waals surface area contributed by atoms with E-state index in [1.54, 1.807) is 11.8 Å². The molecular formula is C14H34N2O6P2S2. The van der Waals surface area contributed by atoms with Crippen LogP contribution < -0.4 is 11.0 Å². The number of hydrogen-bond acceptors (Lipinski definition) is 6. The molecule has 0 aromatic carbocycles. The van der Waals surface area contributed by atoms with Gasteiger partial charge in [-0.05, 0) is 24.0 Å². The summed E-state index contributed by atoms with van der Waals surface area (Å²) < 4.78 is 32.4. The van der Waals surface area contributed by atoms with Gasteiger partial charge in [-0.3, -0.25) is 9.05 Å². The Balaban J connectivity index is 4.22. The molecule has 0 bridgehead atoms. The predicted octanol–water partition coefficient (Wildman–Crippen LogP) is 3.78. The maximum atomic E-state index is 11.4. The Kier molecular flexibility index (Phi) is 11.6. The minimum Gasteiger partial charge on any atom is -0.313 e. The summed E-state index contributed by atoms with van der Waals surface area (Å²) in [5.74, 6) is 2.45. The van der Waals surface area contributed by atoms with E-state index in [1.165, 1.54) is 11.8 Å². The second-order valence-corrected chi connectivity index (χ2v) is 12.7. The van der Waals surface area contributed by atoms with Crippen LogP contribution in [-0.4, -0.2) is 39.1 Å². The summed E-state index contributed by atoms with van der Waals surface area (Å²) in [4.78, 5) is 18.3. The number of rotatable bonds is 14. The van der Waals surface area contributed by atoms with E-state index < -0.39 is 20.9 Å². The number of thioether (sulfide) groups is 2. The fourth-order valence-corrected chi connectivity index (χ4v) is 6.00. The van der Waals surface area contributed by atoms with Crippen LogP contribution in [0, 0.1) is 10.8 Å². The zero-order chi connectivity index (χ0) is 20.6. The number of nitrogens with two attached hydrogens (primary N) is 2. The van der Waals surface area contributed by atoms with Crippen molar-refractivity contribution in [3.63, 3.8) is 0 Å². The van der Waals surface area contributed by atoms with Crippen molar-refractivity contribution in [3.8, 4) is 0 Å². The van der Waals surface area contributed by atoms with Crippen molar-refractivity contribution in [3.05, 3.63) is 0 Å². The average Bonchev–Trinajstić information content (AvgIpc) is 2.45. The zero-order valence-electron chi connectivity index (χ0n) is 16.2. The van der Waals surface area contributed by atoms with Crippen LogP contribution in [0.5, 0.6) is 0 Å². The third-order valence-corrected chi connectivity index (χ3v) is 7.73. The zero-order valence-corrected chi connectivity index (χ0v) is 19.6. The first-order valence-electron chi connectivity index (χ1n) is 8.33. The average molecular weight is 453 g/mol. The quantitative estimate of drug-likeness (QED) is 0.174. The second kappa shape index (κ2) is 11.2. The Hall–Kier alpha value is 0.920. The van der Waals surface area contributed by atoms with Crippen LogP contribution in [0.4, 0.5) is 0 Å². The molecule has 0 aliphatic rings. The molecule has 0 fully saturated rings. The maximum absolute atomic E-state index is 11.4. The summed E-state index contributed by atoms with van der Waals surface area (Å²) in [7, 11) is -7.97. The van der Waals surface area contributed by atoms with Gasteiger partial charge < -0.3 is 9.79 Å². The van der Waals surface area contributed by atoms with Gasteiger partial charge in [-0.2, -0.15) is 11.8 Å².